The van der Waals surface area contributed by atoms with Gasteiger partial charge in [-0.05, 0) is 130 Å². The van der Waals surface area contributed by atoms with E-state index < -0.39 is 65.8 Å². The summed E-state index contributed by atoms with van der Waals surface area (Å²) in [4.78, 5) is 9.99. The zero-order valence-electron chi connectivity index (χ0n) is 44.5. The van der Waals surface area contributed by atoms with Crippen molar-refractivity contribution in [3.63, 3.8) is 0 Å². The van der Waals surface area contributed by atoms with E-state index >= 15 is 0 Å². The van der Waals surface area contributed by atoms with Crippen LogP contribution in [-0.4, -0.2) is 21.6 Å². The Morgan fingerprint density at radius 3 is 2.03 bits per heavy atom. The molecule has 2 aromatic heterocycles. The largest absolute Gasteiger partial charge is 0.496 e. The standard InChI is InChI=1S/C54H53N3O/c1-34-19-21-38(22-20-34)39-23-24-55-48(32-39)42-27-41(29-43(30-42)53(4,5)6)46-17-14-18-49-50(46)56-52(47-26-35(2)25-36(3)51(47)58-10)57(49)45-31-40(37-15-12-11-13-16-37)28-44(33-45)54(7,8)9/h11-33H,1-10H3/i1D3,19D,20D,21D,22D,23D,24D,32D. The second kappa shape index (κ2) is 14.9. The van der Waals surface area contributed by atoms with Crippen LogP contribution in [0, 0.1) is 20.7 Å². The normalized spacial score (nSPS) is 14.6. The highest BCUT2D eigenvalue weighted by Crippen LogP contribution is 2.42. The second-order valence-electron chi connectivity index (χ2n) is 17.0. The van der Waals surface area contributed by atoms with Gasteiger partial charge in [0.2, 0.25) is 0 Å². The fourth-order valence-electron chi connectivity index (χ4n) is 7.51. The number of para-hydroxylation sites is 1. The van der Waals surface area contributed by atoms with Crippen LogP contribution in [-0.2, 0) is 10.8 Å². The van der Waals surface area contributed by atoms with Gasteiger partial charge in [0.05, 0.1) is 39.0 Å². The van der Waals surface area contributed by atoms with E-state index in [0.29, 0.717) is 22.7 Å². The minimum atomic E-state index is -2.95. The first-order chi connectivity index (χ1) is 31.8. The molecule has 8 aromatic rings. The van der Waals surface area contributed by atoms with E-state index in [0.717, 1.165) is 61.3 Å². The lowest BCUT2D eigenvalue weighted by Crippen LogP contribution is -2.12. The van der Waals surface area contributed by atoms with Crippen molar-refractivity contribution in [1.29, 1.82) is 0 Å². The number of pyridine rings is 1. The number of fused-ring (bicyclic) bond motifs is 1. The van der Waals surface area contributed by atoms with E-state index in [4.69, 9.17) is 22.1 Å². The van der Waals surface area contributed by atoms with Crippen LogP contribution < -0.4 is 4.74 Å². The Bertz CT molecular complexity index is 3300. The average molecular weight is 770 g/mol. The zero-order chi connectivity index (χ0) is 49.5. The van der Waals surface area contributed by atoms with Crippen molar-refractivity contribution >= 4 is 11.0 Å². The summed E-state index contributed by atoms with van der Waals surface area (Å²) in [6, 6.07) is 29.0. The van der Waals surface area contributed by atoms with Crippen LogP contribution in [0.2, 0.25) is 0 Å². The molecule has 0 atom stereocenters. The summed E-state index contributed by atoms with van der Waals surface area (Å²) in [7, 11) is 1.67. The molecule has 0 N–H and O–H groups in total. The predicted molar refractivity (Wildman–Crippen MR) is 244 cm³/mol. The zero-order valence-corrected chi connectivity index (χ0v) is 34.5. The number of ether oxygens (including phenoxy) is 1. The predicted octanol–water partition coefficient (Wildman–Crippen LogP) is 14.3. The van der Waals surface area contributed by atoms with Gasteiger partial charge in [-0.3, -0.25) is 9.55 Å². The third-order valence-electron chi connectivity index (χ3n) is 10.5. The number of aryl methyl sites for hydroxylation is 2. The molecular weight excluding hydrogens is 707 g/mol. The number of nitrogens with zero attached hydrogens (tertiary/aromatic N) is 3. The van der Waals surface area contributed by atoms with Crippen molar-refractivity contribution in [2.45, 2.75) is 73.1 Å². The van der Waals surface area contributed by atoms with Crippen molar-refractivity contribution in [3.8, 4) is 67.5 Å². The maximum absolute atomic E-state index is 9.54. The molecule has 0 unspecified atom stereocenters. The second-order valence-corrected chi connectivity index (χ2v) is 17.0. The highest BCUT2D eigenvalue weighted by atomic mass is 16.5. The molecule has 0 spiro atoms. The number of hydrogen-bond acceptors (Lipinski definition) is 3. The Kier molecular flexibility index (Phi) is 7.25. The Morgan fingerprint density at radius 1 is 0.621 bits per heavy atom. The lowest BCUT2D eigenvalue weighted by molar-refractivity contribution is 0.413. The lowest BCUT2D eigenvalue weighted by atomic mass is 9.83. The summed E-state index contributed by atoms with van der Waals surface area (Å²) in [5, 5.41) is 0. The molecule has 2 heterocycles. The van der Waals surface area contributed by atoms with Gasteiger partial charge in [0.25, 0.3) is 0 Å². The van der Waals surface area contributed by atoms with Gasteiger partial charge < -0.3 is 4.74 Å². The van der Waals surface area contributed by atoms with Gasteiger partial charge in [-0.15, -0.1) is 0 Å². The van der Waals surface area contributed by atoms with Gasteiger partial charge in [-0.25, -0.2) is 4.98 Å². The van der Waals surface area contributed by atoms with Gasteiger partial charge in [-0.1, -0.05) is 132 Å². The third-order valence-corrected chi connectivity index (χ3v) is 10.5. The van der Waals surface area contributed by atoms with E-state index in [9.17, 15) is 1.37 Å². The molecule has 0 saturated carbocycles. The molecule has 58 heavy (non-hydrogen) atoms. The highest BCUT2D eigenvalue weighted by Gasteiger charge is 2.25. The number of hydrogen-bond donors (Lipinski definition) is 0. The Labute approximate surface area is 358 Å². The summed E-state index contributed by atoms with van der Waals surface area (Å²) in [6.07, 6.45) is -0.550. The van der Waals surface area contributed by atoms with E-state index in [1.54, 1.807) is 7.11 Å². The smallest absolute Gasteiger partial charge is 0.149 e. The fourth-order valence-corrected chi connectivity index (χ4v) is 7.51. The number of aromatic nitrogens is 3. The van der Waals surface area contributed by atoms with Gasteiger partial charge in [0, 0.05) is 27.1 Å². The molecule has 0 radical (unpaired) electrons. The van der Waals surface area contributed by atoms with E-state index in [1.807, 2.05) is 49.4 Å². The van der Waals surface area contributed by atoms with Gasteiger partial charge in [0.15, 0.2) is 0 Å². The van der Waals surface area contributed by atoms with Gasteiger partial charge in [-0.2, -0.15) is 0 Å². The first-order valence-corrected chi connectivity index (χ1v) is 19.5. The fraction of sp³-hybridized carbons (Fsp3) is 0.222. The monoisotopic (exact) mass is 769 g/mol. The minimum absolute atomic E-state index is 0.0177. The number of benzene rings is 6. The van der Waals surface area contributed by atoms with Crippen LogP contribution in [0.25, 0.3) is 72.7 Å². The van der Waals surface area contributed by atoms with Crippen LogP contribution in [0.5, 0.6) is 5.75 Å². The number of rotatable bonds is 7. The molecule has 8 rings (SSSR count). The first kappa shape index (κ1) is 28.2. The van der Waals surface area contributed by atoms with Crippen molar-refractivity contribution in [1.82, 2.24) is 14.5 Å². The molecule has 0 aliphatic heterocycles. The molecule has 0 aliphatic carbocycles. The lowest BCUT2D eigenvalue weighted by Gasteiger charge is -2.23. The molecule has 4 nitrogen and oxygen atoms in total. The van der Waals surface area contributed by atoms with Crippen molar-refractivity contribution in [3.05, 3.63) is 167 Å². The topological polar surface area (TPSA) is 39.9 Å². The summed E-state index contributed by atoms with van der Waals surface area (Å²) in [6.45, 7) is 13.9. The van der Waals surface area contributed by atoms with Crippen LogP contribution >= 0.6 is 0 Å². The van der Waals surface area contributed by atoms with Crippen molar-refractivity contribution in [2.75, 3.05) is 7.11 Å². The molecule has 0 bridgehead atoms. The van der Waals surface area contributed by atoms with Crippen LogP contribution in [0.3, 0.4) is 0 Å². The van der Waals surface area contributed by atoms with E-state index in [-0.39, 0.29) is 16.7 Å². The average Bonchev–Trinajstić information content (AvgIpc) is 3.67. The summed E-state index contributed by atoms with van der Waals surface area (Å²) >= 11 is 0. The van der Waals surface area contributed by atoms with Crippen molar-refractivity contribution in [2.24, 2.45) is 0 Å². The maximum atomic E-state index is 9.54. The van der Waals surface area contributed by atoms with Gasteiger partial charge in [0.1, 0.15) is 11.6 Å². The number of methoxy groups -OCH3 is 1. The summed E-state index contributed by atoms with van der Waals surface area (Å²) in [5.41, 5.74) is 9.05. The van der Waals surface area contributed by atoms with Gasteiger partial charge >= 0.3 is 0 Å². The number of imidazole rings is 1. The minimum Gasteiger partial charge on any atom is -0.496 e. The van der Waals surface area contributed by atoms with E-state index in [2.05, 4.69) is 113 Å². The third kappa shape index (κ3) is 7.47. The molecule has 6 aromatic carbocycles. The molecule has 0 aliphatic rings. The van der Waals surface area contributed by atoms with Crippen molar-refractivity contribution < 1.29 is 18.4 Å². The van der Waals surface area contributed by atoms with E-state index in [1.165, 1.54) is 0 Å². The Hall–Kier alpha value is -6.26. The first-order valence-electron chi connectivity index (χ1n) is 24.5. The van der Waals surface area contributed by atoms with Crippen LogP contribution in [0.1, 0.15) is 83.1 Å². The molecule has 290 valence electrons. The molecule has 0 fully saturated rings. The quantitative estimate of drug-likeness (QED) is 0.162. The molecular formula is C54H53N3O. The summed E-state index contributed by atoms with van der Waals surface area (Å²) in [5.74, 6) is 1.37. The molecule has 0 saturated heterocycles. The molecule has 0 amide bonds. The summed E-state index contributed by atoms with van der Waals surface area (Å²) < 4.78 is 94.2. The van der Waals surface area contributed by atoms with Crippen LogP contribution in [0.15, 0.2) is 139 Å². The van der Waals surface area contributed by atoms with Crippen LogP contribution in [0.4, 0.5) is 0 Å². The Morgan fingerprint density at radius 2 is 1.33 bits per heavy atom. The maximum Gasteiger partial charge on any atom is 0.149 e. The molecule has 4 heteroatoms. The highest BCUT2D eigenvalue weighted by molar-refractivity contribution is 5.97. The SMILES string of the molecule is [2H]c1nc(-c2cc(-c3cccc4c3nc(-c3cc(C)cc(C)c3OC)n4-c3cc(-c4ccccc4)cc(C(C)(C)C)c3)cc(C(C)(C)C)c2)c([2H])c(-c2c([2H])c([2H])c(C([2H])([2H])[2H])c([2H])c2[2H])c1[2H]. The Balaban J connectivity index is 1.44.